The van der Waals surface area contributed by atoms with E-state index in [2.05, 4.69) is 25.3 Å². The third kappa shape index (κ3) is 2.06. The van der Waals surface area contributed by atoms with Crippen molar-refractivity contribution in [2.24, 2.45) is 7.05 Å². The summed E-state index contributed by atoms with van der Waals surface area (Å²) >= 11 is 0. The summed E-state index contributed by atoms with van der Waals surface area (Å²) in [5.74, 6) is 0.947. The number of urea groups is 1. The van der Waals surface area contributed by atoms with Crippen molar-refractivity contribution < 1.29 is 4.79 Å². The van der Waals surface area contributed by atoms with E-state index >= 15 is 0 Å². The van der Waals surface area contributed by atoms with Gasteiger partial charge in [-0.1, -0.05) is 0 Å². The third-order valence-corrected chi connectivity index (χ3v) is 4.60. The van der Waals surface area contributed by atoms with Crippen LogP contribution in [-0.2, 0) is 7.05 Å². The van der Waals surface area contributed by atoms with Crippen molar-refractivity contribution in [3.05, 3.63) is 12.5 Å². The largest absolute Gasteiger partial charge is 0.356 e. The topological polar surface area (TPSA) is 79.2 Å². The number of aromatic nitrogens is 4. The maximum absolute atomic E-state index is 11.8. The van der Waals surface area contributed by atoms with Gasteiger partial charge in [0.15, 0.2) is 5.65 Å². The van der Waals surface area contributed by atoms with Gasteiger partial charge < -0.3 is 15.1 Å². The van der Waals surface area contributed by atoms with Gasteiger partial charge in [0.25, 0.3) is 0 Å². The lowest BCUT2D eigenvalue weighted by Crippen LogP contribution is -2.46. The molecule has 2 fully saturated rings. The molecule has 0 unspecified atom stereocenters. The summed E-state index contributed by atoms with van der Waals surface area (Å²) in [7, 11) is 1.89. The van der Waals surface area contributed by atoms with Crippen LogP contribution in [0.2, 0.25) is 0 Å². The van der Waals surface area contributed by atoms with Crippen molar-refractivity contribution in [1.82, 2.24) is 30.0 Å². The molecule has 0 aromatic carbocycles. The van der Waals surface area contributed by atoms with Crippen molar-refractivity contribution in [3.63, 3.8) is 0 Å². The summed E-state index contributed by atoms with van der Waals surface area (Å²) in [5.41, 5.74) is 0.853. The standard InChI is InChI=1S/C14H19N7O/c1-19-12-11(8-18-19)13(17-9-16-12)20-5-2-10(3-6-20)21-7-4-15-14(21)22/h8-10H,2-7H2,1H3,(H,15,22). The molecule has 8 nitrogen and oxygen atoms in total. The van der Waals surface area contributed by atoms with E-state index in [9.17, 15) is 4.79 Å². The number of carbonyl (C=O) groups excluding carboxylic acids is 1. The lowest BCUT2D eigenvalue weighted by atomic mass is 10.0. The second kappa shape index (κ2) is 5.11. The minimum Gasteiger partial charge on any atom is -0.356 e. The molecule has 2 aromatic rings. The number of hydrogen-bond donors (Lipinski definition) is 1. The van der Waals surface area contributed by atoms with Gasteiger partial charge in [0.2, 0.25) is 0 Å². The Morgan fingerprint density at radius 2 is 2.05 bits per heavy atom. The minimum atomic E-state index is 0.0788. The average Bonchev–Trinajstić information content (AvgIpc) is 3.14. The van der Waals surface area contributed by atoms with Crippen LogP contribution in [0.1, 0.15) is 12.8 Å². The van der Waals surface area contributed by atoms with Crippen LogP contribution in [0.25, 0.3) is 11.0 Å². The third-order valence-electron chi connectivity index (χ3n) is 4.60. The van der Waals surface area contributed by atoms with E-state index in [1.54, 1.807) is 11.0 Å². The maximum atomic E-state index is 11.8. The zero-order valence-corrected chi connectivity index (χ0v) is 12.6. The quantitative estimate of drug-likeness (QED) is 0.866. The fourth-order valence-electron chi connectivity index (χ4n) is 3.43. The molecule has 0 radical (unpaired) electrons. The van der Waals surface area contributed by atoms with Crippen molar-refractivity contribution in [1.29, 1.82) is 0 Å². The Labute approximate surface area is 128 Å². The molecular formula is C14H19N7O. The molecule has 0 saturated carbocycles. The fourth-order valence-corrected chi connectivity index (χ4v) is 3.43. The molecule has 1 N–H and O–H groups in total. The smallest absolute Gasteiger partial charge is 0.317 e. The Bertz CT molecular complexity index is 704. The Balaban J connectivity index is 1.52. The van der Waals surface area contributed by atoms with E-state index in [0.717, 1.165) is 55.9 Å². The van der Waals surface area contributed by atoms with Gasteiger partial charge in [0.1, 0.15) is 12.1 Å². The predicted molar refractivity (Wildman–Crippen MR) is 81.6 cm³/mol. The summed E-state index contributed by atoms with van der Waals surface area (Å²) in [5, 5.41) is 8.13. The molecule has 8 heteroatoms. The van der Waals surface area contributed by atoms with E-state index in [1.807, 2.05) is 18.1 Å². The second-order valence-corrected chi connectivity index (χ2v) is 5.85. The number of hydrogen-bond acceptors (Lipinski definition) is 5. The molecule has 2 aromatic heterocycles. The first-order chi connectivity index (χ1) is 10.7. The molecule has 0 bridgehead atoms. The van der Waals surface area contributed by atoms with Gasteiger partial charge in [-0.3, -0.25) is 4.68 Å². The van der Waals surface area contributed by atoms with Crippen LogP contribution in [0.5, 0.6) is 0 Å². The molecule has 4 rings (SSSR count). The number of amides is 2. The lowest BCUT2D eigenvalue weighted by molar-refractivity contribution is 0.186. The molecule has 0 aliphatic carbocycles. The highest BCUT2D eigenvalue weighted by molar-refractivity contribution is 5.86. The van der Waals surface area contributed by atoms with E-state index < -0.39 is 0 Å². The molecule has 4 heterocycles. The van der Waals surface area contributed by atoms with Crippen molar-refractivity contribution in [2.45, 2.75) is 18.9 Å². The molecule has 116 valence electrons. The molecule has 2 saturated heterocycles. The highest BCUT2D eigenvalue weighted by Gasteiger charge is 2.31. The minimum absolute atomic E-state index is 0.0788. The monoisotopic (exact) mass is 301 g/mol. The van der Waals surface area contributed by atoms with Crippen LogP contribution >= 0.6 is 0 Å². The number of rotatable bonds is 2. The van der Waals surface area contributed by atoms with Gasteiger partial charge in [-0.05, 0) is 12.8 Å². The summed E-state index contributed by atoms with van der Waals surface area (Å²) in [6.07, 6.45) is 5.36. The molecule has 0 atom stereocenters. The summed E-state index contributed by atoms with van der Waals surface area (Å²) in [4.78, 5) is 24.8. The van der Waals surface area contributed by atoms with Gasteiger partial charge in [-0.2, -0.15) is 5.10 Å². The molecular weight excluding hydrogens is 282 g/mol. The summed E-state index contributed by atoms with van der Waals surface area (Å²) in [6.45, 7) is 3.38. The highest BCUT2D eigenvalue weighted by atomic mass is 16.2. The second-order valence-electron chi connectivity index (χ2n) is 5.85. The van der Waals surface area contributed by atoms with E-state index in [0.29, 0.717) is 6.04 Å². The van der Waals surface area contributed by atoms with Crippen molar-refractivity contribution >= 4 is 22.9 Å². The van der Waals surface area contributed by atoms with Gasteiger partial charge in [0.05, 0.1) is 11.6 Å². The number of carbonyl (C=O) groups is 1. The first-order valence-electron chi connectivity index (χ1n) is 7.66. The van der Waals surface area contributed by atoms with Gasteiger partial charge in [-0.15, -0.1) is 0 Å². The molecule has 2 amide bonds. The zero-order chi connectivity index (χ0) is 15.1. The fraction of sp³-hybridized carbons (Fsp3) is 0.571. The number of aryl methyl sites for hydroxylation is 1. The van der Waals surface area contributed by atoms with Crippen LogP contribution in [0.15, 0.2) is 12.5 Å². The Kier molecular flexibility index (Phi) is 3.09. The Morgan fingerprint density at radius 3 is 2.77 bits per heavy atom. The first kappa shape index (κ1) is 13.3. The van der Waals surface area contributed by atoms with Gasteiger partial charge >= 0.3 is 6.03 Å². The van der Waals surface area contributed by atoms with E-state index in [-0.39, 0.29) is 6.03 Å². The van der Waals surface area contributed by atoms with Crippen molar-refractivity contribution in [2.75, 3.05) is 31.1 Å². The zero-order valence-electron chi connectivity index (χ0n) is 12.6. The first-order valence-corrected chi connectivity index (χ1v) is 7.66. The van der Waals surface area contributed by atoms with E-state index in [4.69, 9.17) is 0 Å². The van der Waals surface area contributed by atoms with Crippen LogP contribution in [0.4, 0.5) is 10.6 Å². The Hall–Kier alpha value is -2.38. The molecule has 0 spiro atoms. The summed E-state index contributed by atoms with van der Waals surface area (Å²) in [6, 6.07) is 0.417. The number of piperidine rings is 1. The van der Waals surface area contributed by atoms with Crippen LogP contribution < -0.4 is 10.2 Å². The normalized spacial score (nSPS) is 20.0. The number of fused-ring (bicyclic) bond motifs is 1. The van der Waals surface area contributed by atoms with E-state index in [1.165, 1.54) is 0 Å². The Morgan fingerprint density at radius 1 is 1.23 bits per heavy atom. The number of anilines is 1. The van der Waals surface area contributed by atoms with Gasteiger partial charge in [-0.25, -0.2) is 14.8 Å². The highest BCUT2D eigenvalue weighted by Crippen LogP contribution is 2.26. The van der Waals surface area contributed by atoms with Crippen LogP contribution in [0.3, 0.4) is 0 Å². The average molecular weight is 301 g/mol. The van der Waals surface area contributed by atoms with Gasteiger partial charge in [0, 0.05) is 39.3 Å². The SMILES string of the molecule is Cn1ncc2c(N3CCC(N4CCNC4=O)CC3)ncnc21. The van der Waals surface area contributed by atoms with Crippen LogP contribution in [0, 0.1) is 0 Å². The molecule has 2 aliphatic heterocycles. The number of nitrogens with zero attached hydrogens (tertiary/aromatic N) is 6. The molecule has 2 aliphatic rings. The molecule has 22 heavy (non-hydrogen) atoms. The summed E-state index contributed by atoms with van der Waals surface area (Å²) < 4.78 is 1.77. The van der Waals surface area contributed by atoms with Crippen LogP contribution in [-0.4, -0.2) is 62.9 Å². The lowest BCUT2D eigenvalue weighted by Gasteiger charge is -2.36. The number of nitrogens with one attached hydrogen (secondary N) is 1. The maximum Gasteiger partial charge on any atom is 0.317 e. The van der Waals surface area contributed by atoms with Crippen molar-refractivity contribution in [3.8, 4) is 0 Å². The predicted octanol–water partition coefficient (Wildman–Crippen LogP) is 0.357.